The number of hydrogen-bond acceptors (Lipinski definition) is 3. The lowest BCUT2D eigenvalue weighted by Crippen LogP contribution is -2.39. The molecule has 106 valence electrons. The molecule has 2 aromatic rings. The van der Waals surface area contributed by atoms with Crippen molar-refractivity contribution in [3.05, 3.63) is 65.7 Å². The van der Waals surface area contributed by atoms with Gasteiger partial charge in [-0.3, -0.25) is 19.8 Å². The van der Waals surface area contributed by atoms with Gasteiger partial charge in [0.25, 0.3) is 5.91 Å². The SMILES string of the molecule is O=C(O)CNC1c2ccccc2C(=O)N1c1ccccc1. The van der Waals surface area contributed by atoms with Crippen molar-refractivity contribution in [3.63, 3.8) is 0 Å². The number of anilines is 1. The Hall–Kier alpha value is -2.66. The fourth-order valence-electron chi connectivity index (χ4n) is 2.56. The van der Waals surface area contributed by atoms with E-state index in [0.29, 0.717) is 5.56 Å². The molecular formula is C16H14N2O3. The minimum atomic E-state index is -0.958. The molecule has 0 spiro atoms. The van der Waals surface area contributed by atoms with E-state index in [4.69, 9.17) is 5.11 Å². The molecule has 0 radical (unpaired) electrons. The Morgan fingerprint density at radius 1 is 1.10 bits per heavy atom. The van der Waals surface area contributed by atoms with Crippen LogP contribution in [-0.2, 0) is 4.79 Å². The van der Waals surface area contributed by atoms with Crippen molar-refractivity contribution < 1.29 is 14.7 Å². The molecule has 2 N–H and O–H groups in total. The van der Waals surface area contributed by atoms with Gasteiger partial charge in [-0.25, -0.2) is 0 Å². The number of amides is 1. The van der Waals surface area contributed by atoms with Gasteiger partial charge in [0, 0.05) is 16.8 Å². The maximum atomic E-state index is 12.6. The summed E-state index contributed by atoms with van der Waals surface area (Å²) in [6, 6.07) is 16.5. The fourth-order valence-corrected chi connectivity index (χ4v) is 2.56. The molecule has 1 atom stereocenters. The Balaban J connectivity index is 2.02. The smallest absolute Gasteiger partial charge is 0.317 e. The first-order valence-corrected chi connectivity index (χ1v) is 6.61. The Labute approximate surface area is 121 Å². The zero-order chi connectivity index (χ0) is 14.8. The molecule has 1 aliphatic rings. The molecule has 0 aliphatic carbocycles. The largest absolute Gasteiger partial charge is 0.480 e. The second-order valence-electron chi connectivity index (χ2n) is 4.78. The number of fused-ring (bicyclic) bond motifs is 1. The molecule has 0 bridgehead atoms. The van der Waals surface area contributed by atoms with Crippen LogP contribution in [0, 0.1) is 0 Å². The Kier molecular flexibility index (Phi) is 3.41. The van der Waals surface area contributed by atoms with Crippen molar-refractivity contribution in [2.75, 3.05) is 11.4 Å². The number of benzene rings is 2. The zero-order valence-corrected chi connectivity index (χ0v) is 11.2. The van der Waals surface area contributed by atoms with E-state index >= 15 is 0 Å². The van der Waals surface area contributed by atoms with Crippen molar-refractivity contribution in [1.29, 1.82) is 0 Å². The molecule has 5 nitrogen and oxygen atoms in total. The number of hydrogen-bond donors (Lipinski definition) is 2. The summed E-state index contributed by atoms with van der Waals surface area (Å²) >= 11 is 0. The summed E-state index contributed by atoms with van der Waals surface area (Å²) in [4.78, 5) is 25.0. The normalized spacial score (nSPS) is 16.9. The molecule has 3 rings (SSSR count). The number of nitrogens with zero attached hydrogens (tertiary/aromatic N) is 1. The molecule has 2 aromatic carbocycles. The number of carbonyl (C=O) groups is 2. The molecule has 1 unspecified atom stereocenters. The number of carboxylic acids is 1. The number of aliphatic carboxylic acids is 1. The Bertz CT molecular complexity index is 685. The highest BCUT2D eigenvalue weighted by molar-refractivity contribution is 6.11. The third kappa shape index (κ3) is 2.39. The highest BCUT2D eigenvalue weighted by Gasteiger charge is 2.37. The average molecular weight is 282 g/mol. The standard InChI is InChI=1S/C16H14N2O3/c19-14(20)10-17-15-12-8-4-5-9-13(12)16(21)18(15)11-6-2-1-3-7-11/h1-9,15,17H,10H2,(H,19,20). The minimum Gasteiger partial charge on any atom is -0.480 e. The average Bonchev–Trinajstić information content (AvgIpc) is 2.79. The van der Waals surface area contributed by atoms with Crippen LogP contribution in [0.15, 0.2) is 54.6 Å². The summed E-state index contributed by atoms with van der Waals surface area (Å²) < 4.78 is 0. The van der Waals surface area contributed by atoms with Crippen LogP contribution in [0.1, 0.15) is 22.1 Å². The van der Waals surface area contributed by atoms with E-state index in [1.807, 2.05) is 42.5 Å². The van der Waals surface area contributed by atoms with Crippen molar-refractivity contribution >= 4 is 17.6 Å². The molecule has 21 heavy (non-hydrogen) atoms. The first kappa shape index (κ1) is 13.3. The van der Waals surface area contributed by atoms with Gasteiger partial charge in [-0.2, -0.15) is 0 Å². The fraction of sp³-hybridized carbons (Fsp3) is 0.125. The van der Waals surface area contributed by atoms with Gasteiger partial charge >= 0.3 is 5.97 Å². The summed E-state index contributed by atoms with van der Waals surface area (Å²) in [6.45, 7) is -0.213. The number of carbonyl (C=O) groups excluding carboxylic acids is 1. The summed E-state index contributed by atoms with van der Waals surface area (Å²) in [7, 11) is 0. The third-order valence-corrected chi connectivity index (χ3v) is 3.44. The van der Waals surface area contributed by atoms with E-state index in [1.54, 1.807) is 17.0 Å². The van der Waals surface area contributed by atoms with Crippen LogP contribution in [0.2, 0.25) is 0 Å². The summed E-state index contributed by atoms with van der Waals surface area (Å²) in [5.74, 6) is -1.08. The van der Waals surface area contributed by atoms with Gasteiger partial charge in [-0.05, 0) is 18.2 Å². The molecule has 1 aliphatic heterocycles. The maximum absolute atomic E-state index is 12.6. The lowest BCUT2D eigenvalue weighted by molar-refractivity contribution is -0.136. The quantitative estimate of drug-likeness (QED) is 0.900. The highest BCUT2D eigenvalue weighted by atomic mass is 16.4. The molecule has 0 aromatic heterocycles. The van der Waals surface area contributed by atoms with Crippen LogP contribution in [0.4, 0.5) is 5.69 Å². The molecule has 0 saturated carbocycles. The van der Waals surface area contributed by atoms with Crippen LogP contribution in [0.5, 0.6) is 0 Å². The Morgan fingerprint density at radius 2 is 1.76 bits per heavy atom. The van der Waals surface area contributed by atoms with E-state index in [2.05, 4.69) is 5.32 Å². The summed E-state index contributed by atoms with van der Waals surface area (Å²) in [5, 5.41) is 11.8. The van der Waals surface area contributed by atoms with Crippen LogP contribution >= 0.6 is 0 Å². The van der Waals surface area contributed by atoms with Crippen molar-refractivity contribution in [2.24, 2.45) is 0 Å². The van der Waals surface area contributed by atoms with Crippen LogP contribution < -0.4 is 10.2 Å². The number of para-hydroxylation sites is 1. The van der Waals surface area contributed by atoms with Gasteiger partial charge in [0.05, 0.1) is 6.54 Å². The van der Waals surface area contributed by atoms with Gasteiger partial charge in [-0.1, -0.05) is 36.4 Å². The van der Waals surface area contributed by atoms with Crippen molar-refractivity contribution in [2.45, 2.75) is 6.17 Å². The molecule has 1 amide bonds. The summed E-state index contributed by atoms with van der Waals surface area (Å²) in [6.07, 6.45) is -0.466. The zero-order valence-electron chi connectivity index (χ0n) is 11.2. The van der Waals surface area contributed by atoms with Gasteiger partial charge in [0.1, 0.15) is 6.17 Å². The van der Waals surface area contributed by atoms with E-state index in [1.165, 1.54) is 0 Å². The third-order valence-electron chi connectivity index (χ3n) is 3.44. The Morgan fingerprint density at radius 3 is 2.48 bits per heavy atom. The van der Waals surface area contributed by atoms with Crippen molar-refractivity contribution in [1.82, 2.24) is 5.32 Å². The van der Waals surface area contributed by atoms with Gasteiger partial charge in [0.15, 0.2) is 0 Å². The van der Waals surface area contributed by atoms with Crippen LogP contribution in [-0.4, -0.2) is 23.5 Å². The number of nitrogens with one attached hydrogen (secondary N) is 1. The van der Waals surface area contributed by atoms with Gasteiger partial charge < -0.3 is 5.11 Å². The molecule has 1 heterocycles. The van der Waals surface area contributed by atoms with E-state index in [0.717, 1.165) is 11.3 Å². The predicted molar refractivity (Wildman–Crippen MR) is 78.1 cm³/mol. The van der Waals surface area contributed by atoms with Crippen LogP contribution in [0.3, 0.4) is 0 Å². The van der Waals surface area contributed by atoms with Crippen molar-refractivity contribution in [3.8, 4) is 0 Å². The molecule has 5 heteroatoms. The van der Waals surface area contributed by atoms with Gasteiger partial charge in [0.2, 0.25) is 0 Å². The minimum absolute atomic E-state index is 0.125. The maximum Gasteiger partial charge on any atom is 0.317 e. The second kappa shape index (κ2) is 5.38. The topological polar surface area (TPSA) is 69.6 Å². The first-order chi connectivity index (χ1) is 10.2. The monoisotopic (exact) mass is 282 g/mol. The number of rotatable bonds is 4. The molecule has 0 saturated heterocycles. The first-order valence-electron chi connectivity index (χ1n) is 6.61. The lowest BCUT2D eigenvalue weighted by atomic mass is 10.1. The molecule has 0 fully saturated rings. The van der Waals surface area contributed by atoms with E-state index in [9.17, 15) is 9.59 Å². The second-order valence-corrected chi connectivity index (χ2v) is 4.78. The van der Waals surface area contributed by atoms with E-state index in [-0.39, 0.29) is 12.5 Å². The van der Waals surface area contributed by atoms with Gasteiger partial charge in [-0.15, -0.1) is 0 Å². The highest BCUT2D eigenvalue weighted by Crippen LogP contribution is 2.35. The molecular weight excluding hydrogens is 268 g/mol. The number of carboxylic acid groups (broad SMARTS) is 1. The predicted octanol–water partition coefficient (Wildman–Crippen LogP) is 2.02. The van der Waals surface area contributed by atoms with E-state index < -0.39 is 12.1 Å². The summed E-state index contributed by atoms with van der Waals surface area (Å²) in [5.41, 5.74) is 2.14. The van der Waals surface area contributed by atoms with Crippen LogP contribution in [0.25, 0.3) is 0 Å². The lowest BCUT2D eigenvalue weighted by Gasteiger charge is -2.25.